The SMILES string of the molecule is CN.O=CO. The molecule has 0 unspecified atom stereocenters. The molecule has 0 aliphatic carbocycles. The van der Waals surface area contributed by atoms with Crippen molar-refractivity contribution in [2.24, 2.45) is 5.73 Å². The maximum absolute atomic E-state index is 8.36. The minimum absolute atomic E-state index is 0.250. The van der Waals surface area contributed by atoms with Crippen LogP contribution in [0.25, 0.3) is 0 Å². The van der Waals surface area contributed by atoms with Gasteiger partial charge in [-0.1, -0.05) is 0 Å². The first-order valence-electron chi connectivity index (χ1n) is 1.07. The van der Waals surface area contributed by atoms with Crippen LogP contribution in [-0.2, 0) is 4.79 Å². The Kier molecular flexibility index (Phi) is 193. The summed E-state index contributed by atoms with van der Waals surface area (Å²) in [7, 11) is 1.50. The lowest BCUT2D eigenvalue weighted by Crippen LogP contribution is -1.69. The van der Waals surface area contributed by atoms with E-state index >= 15 is 0 Å². The van der Waals surface area contributed by atoms with Gasteiger partial charge in [-0.3, -0.25) is 4.79 Å². The van der Waals surface area contributed by atoms with Crippen LogP contribution in [0.15, 0.2) is 0 Å². The number of nitrogens with two attached hydrogens (primary N) is 1. The van der Waals surface area contributed by atoms with Crippen molar-refractivity contribution in [2.45, 2.75) is 0 Å². The summed E-state index contributed by atoms with van der Waals surface area (Å²) in [6.45, 7) is -0.250. The fraction of sp³-hybridized carbons (Fsp3) is 0.500. The van der Waals surface area contributed by atoms with Crippen molar-refractivity contribution >= 4 is 6.47 Å². The van der Waals surface area contributed by atoms with E-state index in [1.54, 1.807) is 0 Å². The monoisotopic (exact) mass is 77.0 g/mol. The first kappa shape index (κ1) is 8.83. The van der Waals surface area contributed by atoms with Gasteiger partial charge in [0.2, 0.25) is 0 Å². The Morgan fingerprint density at radius 3 is 1.80 bits per heavy atom. The van der Waals surface area contributed by atoms with Crippen molar-refractivity contribution in [1.82, 2.24) is 0 Å². The molecule has 0 aliphatic heterocycles. The van der Waals surface area contributed by atoms with E-state index in [0.29, 0.717) is 0 Å². The largest absolute Gasteiger partial charge is 0.483 e. The Morgan fingerprint density at radius 1 is 1.80 bits per heavy atom. The van der Waals surface area contributed by atoms with Crippen molar-refractivity contribution in [2.75, 3.05) is 7.05 Å². The minimum Gasteiger partial charge on any atom is -0.483 e. The highest BCUT2D eigenvalue weighted by Crippen LogP contribution is 0.966. The predicted octanol–water partition coefficient (Wildman–Crippen LogP) is -0.724. The second kappa shape index (κ2) is 110. The van der Waals surface area contributed by atoms with Gasteiger partial charge in [-0.2, -0.15) is 0 Å². The smallest absolute Gasteiger partial charge is 0.290 e. The quantitative estimate of drug-likeness (QED) is 0.375. The van der Waals surface area contributed by atoms with E-state index in [4.69, 9.17) is 9.90 Å². The van der Waals surface area contributed by atoms with Crippen molar-refractivity contribution in [3.05, 3.63) is 0 Å². The summed E-state index contributed by atoms with van der Waals surface area (Å²) < 4.78 is 0. The van der Waals surface area contributed by atoms with Crippen molar-refractivity contribution in [3.63, 3.8) is 0 Å². The van der Waals surface area contributed by atoms with Crippen LogP contribution in [0.4, 0.5) is 0 Å². The van der Waals surface area contributed by atoms with Gasteiger partial charge in [-0.15, -0.1) is 0 Å². The van der Waals surface area contributed by atoms with Crippen molar-refractivity contribution < 1.29 is 9.90 Å². The predicted molar refractivity (Wildman–Crippen MR) is 18.8 cm³/mol. The van der Waals surface area contributed by atoms with Gasteiger partial charge in [0.1, 0.15) is 0 Å². The number of carboxylic acid groups (broad SMARTS) is 1. The number of carbonyl (C=O) groups is 1. The van der Waals surface area contributed by atoms with Crippen LogP contribution in [0.1, 0.15) is 0 Å². The van der Waals surface area contributed by atoms with Gasteiger partial charge in [-0.05, 0) is 7.05 Å². The molecule has 0 rings (SSSR count). The Labute approximate surface area is 30.4 Å². The second-order valence-electron chi connectivity index (χ2n) is 0.105. The van der Waals surface area contributed by atoms with Crippen LogP contribution in [0, 0.1) is 0 Å². The van der Waals surface area contributed by atoms with E-state index in [0.717, 1.165) is 0 Å². The average molecular weight is 77.1 g/mol. The third kappa shape index (κ3) is 21.6. The first-order valence-corrected chi connectivity index (χ1v) is 1.07. The van der Waals surface area contributed by atoms with E-state index in [2.05, 4.69) is 5.73 Å². The molecule has 3 nitrogen and oxygen atoms in total. The number of rotatable bonds is 0. The molecule has 0 amide bonds. The lowest BCUT2D eigenvalue weighted by molar-refractivity contribution is -0.122. The molecule has 0 saturated heterocycles. The lowest BCUT2D eigenvalue weighted by Gasteiger charge is -1.34. The molecule has 5 heavy (non-hydrogen) atoms. The number of hydrogen-bond donors (Lipinski definition) is 2. The molecule has 3 heteroatoms. The highest BCUT2D eigenvalue weighted by molar-refractivity contribution is 5.32. The van der Waals surface area contributed by atoms with E-state index < -0.39 is 0 Å². The maximum atomic E-state index is 8.36. The molecule has 32 valence electrons. The molecule has 3 N–H and O–H groups in total. The number of hydrogen-bond acceptors (Lipinski definition) is 2. The molecule has 0 atom stereocenters. The highest BCUT2D eigenvalue weighted by Gasteiger charge is 1.22. The van der Waals surface area contributed by atoms with Gasteiger partial charge in [0, 0.05) is 0 Å². The summed E-state index contributed by atoms with van der Waals surface area (Å²) in [4.78, 5) is 8.36. The van der Waals surface area contributed by atoms with Gasteiger partial charge in [0.05, 0.1) is 0 Å². The molecule has 0 fully saturated rings. The third-order valence-electron chi connectivity index (χ3n) is 0. The maximum Gasteiger partial charge on any atom is 0.290 e. The van der Waals surface area contributed by atoms with Gasteiger partial charge in [-0.25, -0.2) is 0 Å². The van der Waals surface area contributed by atoms with Crippen LogP contribution < -0.4 is 5.73 Å². The molecule has 0 bridgehead atoms. The zero-order chi connectivity index (χ0) is 4.71. The van der Waals surface area contributed by atoms with Crippen LogP contribution in [-0.4, -0.2) is 18.6 Å². The molecule has 0 spiro atoms. The molecular weight excluding hydrogens is 70.0 g/mol. The van der Waals surface area contributed by atoms with Crippen LogP contribution >= 0.6 is 0 Å². The van der Waals surface area contributed by atoms with Gasteiger partial charge in [0.25, 0.3) is 6.47 Å². The standard InChI is InChI=1S/CH5N.CH2O2/c1-2;2-1-3/h2H2,1H3;1H,(H,2,3). The molecule has 0 saturated carbocycles. The first-order chi connectivity index (χ1) is 2.41. The Morgan fingerprint density at radius 2 is 1.80 bits per heavy atom. The fourth-order valence-corrected chi connectivity index (χ4v) is 0. The molecule has 0 aromatic heterocycles. The lowest BCUT2D eigenvalue weighted by atomic mass is 11.6. The average Bonchev–Trinajstić information content (AvgIpc) is 1.46. The molecule has 0 aromatic rings. The second-order valence-corrected chi connectivity index (χ2v) is 0.105. The van der Waals surface area contributed by atoms with Crippen molar-refractivity contribution in [1.29, 1.82) is 0 Å². The van der Waals surface area contributed by atoms with Gasteiger partial charge < -0.3 is 10.8 Å². The third-order valence-corrected chi connectivity index (χ3v) is 0. The highest BCUT2D eigenvalue weighted by atomic mass is 16.3. The van der Waals surface area contributed by atoms with E-state index in [1.807, 2.05) is 0 Å². The topological polar surface area (TPSA) is 63.3 Å². The summed E-state index contributed by atoms with van der Waals surface area (Å²) in [5.74, 6) is 0. The Balaban J connectivity index is 0. The van der Waals surface area contributed by atoms with E-state index in [-0.39, 0.29) is 6.47 Å². The summed E-state index contributed by atoms with van der Waals surface area (Å²) in [6.07, 6.45) is 0. The van der Waals surface area contributed by atoms with Crippen molar-refractivity contribution in [3.8, 4) is 0 Å². The van der Waals surface area contributed by atoms with Crippen LogP contribution in [0.3, 0.4) is 0 Å². The van der Waals surface area contributed by atoms with Gasteiger partial charge >= 0.3 is 0 Å². The summed E-state index contributed by atoms with van der Waals surface area (Å²) in [5, 5.41) is 6.89. The Bertz CT molecular complexity index is 15.1. The normalized spacial score (nSPS) is 3.60. The summed E-state index contributed by atoms with van der Waals surface area (Å²) >= 11 is 0. The summed E-state index contributed by atoms with van der Waals surface area (Å²) in [6, 6.07) is 0. The van der Waals surface area contributed by atoms with Gasteiger partial charge in [0.15, 0.2) is 0 Å². The fourth-order valence-electron chi connectivity index (χ4n) is 0. The minimum atomic E-state index is -0.250. The molecule has 0 radical (unpaired) electrons. The zero-order valence-corrected chi connectivity index (χ0v) is 3.01. The zero-order valence-electron chi connectivity index (χ0n) is 3.01. The van der Waals surface area contributed by atoms with E-state index in [1.165, 1.54) is 7.05 Å². The molecular formula is C2H7NO2. The molecule has 0 aromatic carbocycles. The van der Waals surface area contributed by atoms with Crippen LogP contribution in [0.5, 0.6) is 0 Å². The molecule has 0 heterocycles. The Hall–Kier alpha value is -0.570. The molecule has 0 aliphatic rings. The van der Waals surface area contributed by atoms with E-state index in [9.17, 15) is 0 Å². The van der Waals surface area contributed by atoms with Crippen LogP contribution in [0.2, 0.25) is 0 Å². The summed E-state index contributed by atoms with van der Waals surface area (Å²) in [5.41, 5.74) is 4.50.